The highest BCUT2D eigenvalue weighted by Crippen LogP contribution is 2.39. The van der Waals surface area contributed by atoms with Crippen LogP contribution in [0, 0.1) is 0 Å². The maximum absolute atomic E-state index is 12.8. The molecule has 1 N–H and O–H groups in total. The fourth-order valence-corrected chi connectivity index (χ4v) is 4.65. The molecular weight excluding hydrogens is 423 g/mol. The average molecular weight is 445 g/mol. The van der Waals surface area contributed by atoms with Crippen molar-refractivity contribution in [1.29, 1.82) is 0 Å². The van der Waals surface area contributed by atoms with Gasteiger partial charge in [0.2, 0.25) is 10.0 Å². The van der Waals surface area contributed by atoms with E-state index in [0.29, 0.717) is 31.8 Å². The van der Waals surface area contributed by atoms with Crippen LogP contribution in [0.15, 0.2) is 53.4 Å². The van der Waals surface area contributed by atoms with Gasteiger partial charge in [-0.1, -0.05) is 18.2 Å². The third kappa shape index (κ3) is 5.24. The lowest BCUT2D eigenvalue weighted by Crippen LogP contribution is -2.44. The average Bonchev–Trinajstić information content (AvgIpc) is 2.72. The highest BCUT2D eigenvalue weighted by atomic mass is 32.2. The zero-order valence-electron chi connectivity index (χ0n) is 16.2. The van der Waals surface area contributed by atoms with Gasteiger partial charge >= 0.3 is 6.36 Å². The Labute approximate surface area is 173 Å². The van der Waals surface area contributed by atoms with E-state index in [1.807, 2.05) is 24.3 Å². The van der Waals surface area contributed by atoms with Gasteiger partial charge in [0.25, 0.3) is 0 Å². The number of nitrogens with one attached hydrogen (secondary N) is 1. The lowest BCUT2D eigenvalue weighted by Gasteiger charge is -2.38. The first-order valence-electron chi connectivity index (χ1n) is 9.22. The summed E-state index contributed by atoms with van der Waals surface area (Å²) in [5.74, 6) is 0.170. The van der Waals surface area contributed by atoms with Crippen molar-refractivity contribution in [3.05, 3.63) is 54.1 Å². The van der Waals surface area contributed by atoms with Crippen LogP contribution >= 0.6 is 0 Å². The predicted molar refractivity (Wildman–Crippen MR) is 103 cm³/mol. The maximum atomic E-state index is 12.8. The maximum Gasteiger partial charge on any atom is 0.573 e. The molecule has 0 bridgehead atoms. The molecule has 1 heterocycles. The Kier molecular flexibility index (Phi) is 6.59. The summed E-state index contributed by atoms with van der Waals surface area (Å²) in [4.78, 5) is -0.153. The molecule has 2 aromatic rings. The lowest BCUT2D eigenvalue weighted by atomic mass is 9.74. The molecule has 10 heteroatoms. The summed E-state index contributed by atoms with van der Waals surface area (Å²) in [5, 5.41) is 0. The number of methoxy groups -OCH3 is 1. The van der Waals surface area contributed by atoms with E-state index >= 15 is 0 Å². The predicted octanol–water partition coefficient (Wildman–Crippen LogP) is 3.62. The van der Waals surface area contributed by atoms with Crippen molar-refractivity contribution in [2.45, 2.75) is 29.5 Å². The van der Waals surface area contributed by atoms with Crippen molar-refractivity contribution in [1.82, 2.24) is 4.72 Å². The molecular formula is C20H22F3NO5S. The summed E-state index contributed by atoms with van der Waals surface area (Å²) in [6.07, 6.45) is -3.66. The van der Waals surface area contributed by atoms with Crippen LogP contribution < -0.4 is 14.2 Å². The summed E-state index contributed by atoms with van der Waals surface area (Å²) in [6.45, 7) is 1.05. The molecule has 164 valence electrons. The Morgan fingerprint density at radius 1 is 1.07 bits per heavy atom. The summed E-state index contributed by atoms with van der Waals surface area (Å²) < 4.78 is 79.7. The Hall–Kier alpha value is -2.30. The van der Waals surface area contributed by atoms with Gasteiger partial charge in [-0.25, -0.2) is 13.1 Å². The van der Waals surface area contributed by atoms with Gasteiger partial charge in [-0.3, -0.25) is 0 Å². The zero-order valence-corrected chi connectivity index (χ0v) is 17.1. The van der Waals surface area contributed by atoms with Crippen LogP contribution in [-0.2, 0) is 20.2 Å². The second kappa shape index (κ2) is 8.83. The summed E-state index contributed by atoms with van der Waals surface area (Å²) in [5.41, 5.74) is 0.351. The molecule has 0 atom stereocenters. The highest BCUT2D eigenvalue weighted by molar-refractivity contribution is 7.89. The third-order valence-corrected chi connectivity index (χ3v) is 6.51. The number of halogens is 3. The molecule has 1 aliphatic rings. The van der Waals surface area contributed by atoms with Crippen molar-refractivity contribution < 1.29 is 35.8 Å². The first-order chi connectivity index (χ1) is 14.2. The molecule has 0 radical (unpaired) electrons. The number of para-hydroxylation sites is 1. The molecule has 3 rings (SSSR count). The summed E-state index contributed by atoms with van der Waals surface area (Å²) in [6, 6.07) is 11.5. The Morgan fingerprint density at radius 3 is 2.30 bits per heavy atom. The van der Waals surface area contributed by atoms with E-state index in [-0.39, 0.29) is 11.4 Å². The first kappa shape index (κ1) is 22.4. The molecule has 2 aromatic carbocycles. The topological polar surface area (TPSA) is 73.9 Å². The van der Waals surface area contributed by atoms with Crippen LogP contribution in [0.25, 0.3) is 0 Å². The smallest absolute Gasteiger partial charge is 0.496 e. The van der Waals surface area contributed by atoms with Gasteiger partial charge in [0.05, 0.1) is 12.0 Å². The van der Waals surface area contributed by atoms with Crippen molar-refractivity contribution in [2.75, 3.05) is 26.9 Å². The second-order valence-corrected chi connectivity index (χ2v) is 8.70. The van der Waals surface area contributed by atoms with Gasteiger partial charge in [0.15, 0.2) is 0 Å². The monoisotopic (exact) mass is 445 g/mol. The Morgan fingerprint density at radius 2 is 1.70 bits per heavy atom. The fourth-order valence-electron chi connectivity index (χ4n) is 3.52. The van der Waals surface area contributed by atoms with E-state index in [2.05, 4.69) is 9.46 Å². The van der Waals surface area contributed by atoms with Gasteiger partial charge in [0.1, 0.15) is 11.5 Å². The molecule has 0 aromatic heterocycles. The Bertz CT molecular complexity index is 955. The van der Waals surface area contributed by atoms with Crippen LogP contribution in [0.3, 0.4) is 0 Å². The normalized spacial score (nSPS) is 16.8. The number of sulfonamides is 1. The molecule has 1 fully saturated rings. The number of hydrogen-bond acceptors (Lipinski definition) is 5. The fraction of sp³-hybridized carbons (Fsp3) is 0.400. The SMILES string of the molecule is COc1ccccc1C1(CNS(=O)(=O)c2ccc(OC(F)(F)F)cc2)CCOCC1. The van der Waals surface area contributed by atoms with Crippen LogP contribution in [0.1, 0.15) is 18.4 Å². The van der Waals surface area contributed by atoms with Gasteiger partial charge in [-0.15, -0.1) is 13.2 Å². The number of alkyl halides is 3. The molecule has 0 saturated carbocycles. The van der Waals surface area contributed by atoms with Crippen molar-refractivity contribution in [3.8, 4) is 11.5 Å². The number of rotatable bonds is 7. The minimum Gasteiger partial charge on any atom is -0.496 e. The van der Waals surface area contributed by atoms with Gasteiger partial charge in [-0.05, 0) is 43.2 Å². The minimum atomic E-state index is -4.84. The molecule has 0 aliphatic carbocycles. The first-order valence-corrected chi connectivity index (χ1v) is 10.7. The van der Waals surface area contributed by atoms with E-state index in [0.717, 1.165) is 29.8 Å². The third-order valence-electron chi connectivity index (χ3n) is 5.10. The molecule has 1 saturated heterocycles. The molecule has 30 heavy (non-hydrogen) atoms. The van der Waals surface area contributed by atoms with Crippen molar-refractivity contribution >= 4 is 10.0 Å². The molecule has 6 nitrogen and oxygen atoms in total. The summed E-state index contributed by atoms with van der Waals surface area (Å²) >= 11 is 0. The quantitative estimate of drug-likeness (QED) is 0.705. The van der Waals surface area contributed by atoms with E-state index in [4.69, 9.17) is 9.47 Å². The number of ether oxygens (including phenoxy) is 3. The zero-order chi connectivity index (χ0) is 21.8. The molecule has 0 amide bonds. The van der Waals surface area contributed by atoms with Crippen LogP contribution in [0.2, 0.25) is 0 Å². The number of hydrogen-bond donors (Lipinski definition) is 1. The van der Waals surface area contributed by atoms with E-state index in [1.54, 1.807) is 7.11 Å². The molecule has 0 unspecified atom stereocenters. The van der Waals surface area contributed by atoms with E-state index < -0.39 is 27.6 Å². The summed E-state index contributed by atoms with van der Waals surface area (Å²) in [7, 11) is -2.40. The van der Waals surface area contributed by atoms with Crippen molar-refractivity contribution in [3.63, 3.8) is 0 Å². The largest absolute Gasteiger partial charge is 0.573 e. The Balaban J connectivity index is 1.81. The standard InChI is InChI=1S/C20H22F3NO5S/c1-27-18-5-3-2-4-17(18)19(10-12-28-13-11-19)14-24-30(25,26)16-8-6-15(7-9-16)29-20(21,22)23/h2-9,24H,10-14H2,1H3. The van der Waals surface area contributed by atoms with Gasteiger partial charge in [-0.2, -0.15) is 0 Å². The number of benzene rings is 2. The highest BCUT2D eigenvalue weighted by Gasteiger charge is 2.38. The van der Waals surface area contributed by atoms with Crippen molar-refractivity contribution in [2.24, 2.45) is 0 Å². The second-order valence-electron chi connectivity index (χ2n) is 6.94. The van der Waals surface area contributed by atoms with Gasteiger partial charge < -0.3 is 14.2 Å². The lowest BCUT2D eigenvalue weighted by molar-refractivity contribution is -0.274. The minimum absolute atomic E-state index is 0.0971. The van der Waals surface area contributed by atoms with Crippen LogP contribution in [-0.4, -0.2) is 41.6 Å². The molecule has 0 spiro atoms. The van der Waals surface area contributed by atoms with Crippen LogP contribution in [0.5, 0.6) is 11.5 Å². The van der Waals surface area contributed by atoms with E-state index in [1.165, 1.54) is 0 Å². The van der Waals surface area contributed by atoms with Gasteiger partial charge in [0, 0.05) is 30.7 Å². The molecule has 1 aliphatic heterocycles. The van der Waals surface area contributed by atoms with E-state index in [9.17, 15) is 21.6 Å². The van der Waals surface area contributed by atoms with Crippen LogP contribution in [0.4, 0.5) is 13.2 Å².